The molecule has 0 unspecified atom stereocenters. The normalized spacial score (nSPS) is 14.8. The van der Waals surface area contributed by atoms with Gasteiger partial charge in [0.2, 0.25) is 5.90 Å². The van der Waals surface area contributed by atoms with E-state index in [2.05, 4.69) is 122 Å². The number of aryl methyl sites for hydroxylation is 1. The number of hydrogen-bond acceptors (Lipinski definition) is 3. The summed E-state index contributed by atoms with van der Waals surface area (Å²) in [6.45, 7) is 6.82. The van der Waals surface area contributed by atoms with Gasteiger partial charge in [-0.05, 0) is 43.4 Å². The first-order valence-corrected chi connectivity index (χ1v) is 16.1. The molecule has 182 valence electrons. The zero-order chi connectivity index (χ0) is 24.8. The molecule has 0 saturated carbocycles. The third-order valence-electron chi connectivity index (χ3n) is 5.71. The van der Waals surface area contributed by atoms with E-state index in [9.17, 15) is 0 Å². The molecule has 4 aromatic rings. The number of nitrogens with zero attached hydrogens (tertiary/aromatic N) is 2. The van der Waals surface area contributed by atoms with Crippen molar-refractivity contribution in [1.29, 1.82) is 0 Å². The summed E-state index contributed by atoms with van der Waals surface area (Å²) in [7, 11) is 1.25. The molecule has 4 aromatic carbocycles. The second-order valence-electron chi connectivity index (χ2n) is 8.93. The van der Waals surface area contributed by atoms with Crippen molar-refractivity contribution in [3.8, 4) is 11.1 Å². The summed E-state index contributed by atoms with van der Waals surface area (Å²) in [6, 6.07) is 31.5. The Hall–Kier alpha value is -2.27. The summed E-state index contributed by atoms with van der Waals surface area (Å²) in [5.74, 6) is 0.605. The zero-order valence-electron chi connectivity index (χ0n) is 19.7. The SMILES string of the molecule is Cc1ccc(-c2cccc3c(N=C(C4=NC(C)(C)CO4)c4ccccc4)cccc23)cc1.[Br][Ni][Br]. The molecular weight excluding hydrogens is 611 g/mol. The molecule has 0 aromatic heterocycles. The fourth-order valence-electron chi connectivity index (χ4n) is 4.03. The average molecular weight is 637 g/mol. The van der Waals surface area contributed by atoms with Crippen LogP contribution in [0.2, 0.25) is 0 Å². The second-order valence-corrected chi connectivity index (χ2v) is 13.9. The van der Waals surface area contributed by atoms with E-state index in [0.29, 0.717) is 12.5 Å². The molecule has 1 aliphatic heterocycles. The number of ether oxygens (including phenoxy) is 1. The molecule has 0 N–H and O–H groups in total. The van der Waals surface area contributed by atoms with Crippen molar-refractivity contribution in [2.45, 2.75) is 26.3 Å². The van der Waals surface area contributed by atoms with Gasteiger partial charge in [-0.25, -0.2) is 9.98 Å². The van der Waals surface area contributed by atoms with Crippen LogP contribution in [-0.4, -0.2) is 23.8 Å². The minimum absolute atomic E-state index is 0.248. The Labute approximate surface area is 227 Å². The molecule has 0 aliphatic carbocycles. The van der Waals surface area contributed by atoms with Crippen LogP contribution in [0.15, 0.2) is 101 Å². The van der Waals surface area contributed by atoms with Gasteiger partial charge in [0.05, 0.1) is 11.2 Å². The molecule has 35 heavy (non-hydrogen) atoms. The fourth-order valence-corrected chi connectivity index (χ4v) is 4.03. The van der Waals surface area contributed by atoms with Crippen molar-refractivity contribution in [1.82, 2.24) is 0 Å². The van der Waals surface area contributed by atoms with E-state index in [1.807, 2.05) is 18.2 Å². The quantitative estimate of drug-likeness (QED) is 0.163. The summed E-state index contributed by atoms with van der Waals surface area (Å²) >= 11 is 6.00. The third kappa shape index (κ3) is 6.30. The van der Waals surface area contributed by atoms with Gasteiger partial charge in [0.15, 0.2) is 0 Å². The fraction of sp³-hybridized carbons (Fsp3) is 0.172. The van der Waals surface area contributed by atoms with E-state index in [1.54, 1.807) is 0 Å². The minimum atomic E-state index is -0.248. The van der Waals surface area contributed by atoms with Crippen LogP contribution >= 0.6 is 28.5 Å². The molecule has 0 spiro atoms. The summed E-state index contributed by atoms with van der Waals surface area (Å²) < 4.78 is 5.99. The van der Waals surface area contributed by atoms with Gasteiger partial charge in [-0.2, -0.15) is 0 Å². The van der Waals surface area contributed by atoms with Gasteiger partial charge in [0, 0.05) is 10.9 Å². The van der Waals surface area contributed by atoms with E-state index < -0.39 is 0 Å². The molecular formula is C29H26Br2N2NiO. The Morgan fingerprint density at radius 2 is 1.51 bits per heavy atom. The van der Waals surface area contributed by atoms with E-state index in [-0.39, 0.29) is 5.54 Å². The third-order valence-corrected chi connectivity index (χ3v) is 5.71. The molecule has 3 nitrogen and oxygen atoms in total. The van der Waals surface area contributed by atoms with Crippen molar-refractivity contribution >= 4 is 56.5 Å². The zero-order valence-corrected chi connectivity index (χ0v) is 23.9. The van der Waals surface area contributed by atoms with Gasteiger partial charge in [-0.15, -0.1) is 0 Å². The summed E-state index contributed by atoms with van der Waals surface area (Å²) in [4.78, 5) is 9.92. The van der Waals surface area contributed by atoms with Crippen LogP contribution in [0.5, 0.6) is 0 Å². The van der Waals surface area contributed by atoms with Gasteiger partial charge in [-0.3, -0.25) is 0 Å². The Morgan fingerprint density at radius 1 is 0.857 bits per heavy atom. The van der Waals surface area contributed by atoms with E-state index in [1.165, 1.54) is 33.0 Å². The van der Waals surface area contributed by atoms with E-state index in [4.69, 9.17) is 14.7 Å². The van der Waals surface area contributed by atoms with Crippen molar-refractivity contribution in [2.24, 2.45) is 9.98 Å². The van der Waals surface area contributed by atoms with Crippen molar-refractivity contribution in [3.63, 3.8) is 0 Å². The average Bonchev–Trinajstić information content (AvgIpc) is 3.23. The monoisotopic (exact) mass is 634 g/mol. The number of halogens is 2. The molecule has 6 heteroatoms. The van der Waals surface area contributed by atoms with Crippen LogP contribution in [0.4, 0.5) is 5.69 Å². The number of fused-ring (bicyclic) bond motifs is 1. The van der Waals surface area contributed by atoms with Crippen LogP contribution in [0, 0.1) is 6.92 Å². The van der Waals surface area contributed by atoms with Crippen molar-refractivity contribution < 1.29 is 15.6 Å². The Morgan fingerprint density at radius 3 is 2.17 bits per heavy atom. The number of benzene rings is 4. The first-order valence-electron chi connectivity index (χ1n) is 11.2. The molecule has 0 bridgehead atoms. The Balaban J connectivity index is 0.000000917. The van der Waals surface area contributed by atoms with Crippen LogP contribution in [0.25, 0.3) is 21.9 Å². The molecule has 0 saturated heterocycles. The molecule has 0 fully saturated rings. The van der Waals surface area contributed by atoms with E-state index in [0.717, 1.165) is 22.3 Å². The summed E-state index contributed by atoms with van der Waals surface area (Å²) in [5.41, 5.74) is 6.09. The van der Waals surface area contributed by atoms with Gasteiger partial charge in [0.1, 0.15) is 12.3 Å². The maximum atomic E-state index is 5.99. The molecule has 1 aliphatic rings. The summed E-state index contributed by atoms with van der Waals surface area (Å²) in [5, 5.41) is 2.29. The predicted octanol–water partition coefficient (Wildman–Crippen LogP) is 8.83. The molecule has 5 rings (SSSR count). The topological polar surface area (TPSA) is 34.0 Å². The van der Waals surface area contributed by atoms with Gasteiger partial charge in [-0.1, -0.05) is 90.5 Å². The molecule has 0 atom stereocenters. The first kappa shape index (κ1) is 25.8. The molecule has 1 heterocycles. The standard InChI is InChI=1S/C29H26N2O.2BrH.Ni/c1-20-15-17-21(18-16-20)23-11-7-13-25-24(23)12-8-14-26(25)30-27(22-9-5-4-6-10-22)28-31-29(2,3)19-32-28;;;/h4-18H,19H2,1-3H3;2*1H;/q;;;+2/p-2. The van der Waals surface area contributed by atoms with E-state index >= 15 is 0 Å². The van der Waals surface area contributed by atoms with Gasteiger partial charge in [0.25, 0.3) is 0 Å². The Kier molecular flexibility index (Phi) is 8.59. The number of rotatable bonds is 4. The Bertz CT molecular complexity index is 1370. The number of hydrogen-bond donors (Lipinski definition) is 0. The predicted molar refractivity (Wildman–Crippen MR) is 152 cm³/mol. The maximum absolute atomic E-state index is 5.99. The van der Waals surface area contributed by atoms with Crippen LogP contribution in [-0.2, 0) is 15.6 Å². The van der Waals surface area contributed by atoms with Crippen LogP contribution in [0.1, 0.15) is 25.0 Å². The molecule has 0 radical (unpaired) electrons. The number of aliphatic imine (C=N–C) groups is 2. The van der Waals surface area contributed by atoms with Crippen LogP contribution in [0.3, 0.4) is 0 Å². The van der Waals surface area contributed by atoms with Gasteiger partial charge >= 0.3 is 39.3 Å². The van der Waals surface area contributed by atoms with Crippen molar-refractivity contribution in [3.05, 3.63) is 102 Å². The van der Waals surface area contributed by atoms with Crippen molar-refractivity contribution in [2.75, 3.05) is 6.61 Å². The van der Waals surface area contributed by atoms with Gasteiger partial charge < -0.3 is 4.74 Å². The second kappa shape index (κ2) is 11.6. The first-order chi connectivity index (χ1) is 16.9. The van der Waals surface area contributed by atoms with Crippen LogP contribution < -0.4 is 0 Å². The molecule has 0 amide bonds. The summed E-state index contributed by atoms with van der Waals surface area (Å²) in [6.07, 6.45) is 0.